The van der Waals surface area contributed by atoms with Crippen molar-refractivity contribution in [2.24, 2.45) is 0 Å². The Labute approximate surface area is 135 Å². The summed E-state index contributed by atoms with van der Waals surface area (Å²) in [4.78, 5) is 15.7. The Morgan fingerprint density at radius 2 is 2.14 bits per heavy atom. The summed E-state index contributed by atoms with van der Waals surface area (Å²) < 4.78 is 21.8. The average molecular weight is 368 g/mol. The molecular formula is C15H15BrFN3O2. The second kappa shape index (κ2) is 6.26. The van der Waals surface area contributed by atoms with Crippen LogP contribution in [0.2, 0.25) is 0 Å². The molecule has 0 spiro atoms. The third kappa shape index (κ3) is 2.83. The summed E-state index contributed by atoms with van der Waals surface area (Å²) in [6, 6.07) is 3.37. The summed E-state index contributed by atoms with van der Waals surface area (Å²) in [6.45, 7) is 2.74. The molecule has 1 fully saturated rings. The van der Waals surface area contributed by atoms with Crippen LogP contribution in [-0.4, -0.2) is 33.8 Å². The molecule has 1 saturated heterocycles. The van der Waals surface area contributed by atoms with Crippen molar-refractivity contribution in [1.29, 1.82) is 0 Å². The highest BCUT2D eigenvalue weighted by Gasteiger charge is 2.25. The number of hydrogen-bond acceptors (Lipinski definition) is 4. The predicted octanol–water partition coefficient (Wildman–Crippen LogP) is 3.40. The second-order valence-corrected chi connectivity index (χ2v) is 6.04. The van der Waals surface area contributed by atoms with Gasteiger partial charge in [0, 0.05) is 13.2 Å². The molecule has 22 heavy (non-hydrogen) atoms. The van der Waals surface area contributed by atoms with E-state index in [1.165, 1.54) is 13.1 Å². The van der Waals surface area contributed by atoms with Crippen molar-refractivity contribution in [1.82, 2.24) is 14.8 Å². The number of carbonyl (C=O) groups excluding carboxylic acids is 1. The number of halogens is 2. The number of hydrogen-bond donors (Lipinski definition) is 0. The monoisotopic (exact) mass is 367 g/mol. The lowest BCUT2D eigenvalue weighted by Gasteiger charge is -2.24. The fraction of sp³-hybridized carbons (Fsp3) is 0.400. The molecule has 2 aromatic heterocycles. The van der Waals surface area contributed by atoms with E-state index in [1.807, 2.05) is 0 Å². The summed E-state index contributed by atoms with van der Waals surface area (Å²) in [5.74, 6) is -0.763. The van der Waals surface area contributed by atoms with Crippen LogP contribution in [0.1, 0.15) is 36.2 Å². The fourth-order valence-corrected chi connectivity index (χ4v) is 2.97. The van der Waals surface area contributed by atoms with Crippen LogP contribution < -0.4 is 0 Å². The van der Waals surface area contributed by atoms with Crippen molar-refractivity contribution in [2.45, 2.75) is 25.8 Å². The Bertz CT molecular complexity index is 711. The number of ether oxygens (including phenoxy) is 1. The van der Waals surface area contributed by atoms with Crippen LogP contribution in [-0.2, 0) is 4.74 Å². The lowest BCUT2D eigenvalue weighted by molar-refractivity contribution is 0.0667. The second-order valence-electron chi connectivity index (χ2n) is 5.22. The van der Waals surface area contributed by atoms with Crippen LogP contribution in [0.3, 0.4) is 0 Å². The van der Waals surface area contributed by atoms with Gasteiger partial charge in [-0.2, -0.15) is 9.49 Å². The molecule has 7 heteroatoms. The smallest absolute Gasteiger partial charge is 0.223 e. The Morgan fingerprint density at radius 1 is 1.41 bits per heavy atom. The van der Waals surface area contributed by atoms with E-state index in [4.69, 9.17) is 4.74 Å². The largest absolute Gasteiger partial charge is 0.381 e. The topological polar surface area (TPSA) is 57.0 Å². The van der Waals surface area contributed by atoms with Crippen molar-refractivity contribution in [3.63, 3.8) is 0 Å². The maximum absolute atomic E-state index is 14.3. The number of carbonyl (C=O) groups is 1. The van der Waals surface area contributed by atoms with Gasteiger partial charge in [0.1, 0.15) is 4.60 Å². The molecule has 1 aliphatic rings. The number of aromatic nitrogens is 3. The maximum Gasteiger partial charge on any atom is 0.223 e. The van der Waals surface area contributed by atoms with E-state index < -0.39 is 5.95 Å². The molecule has 0 aliphatic carbocycles. The van der Waals surface area contributed by atoms with Crippen LogP contribution in [0.25, 0.3) is 11.3 Å². The highest BCUT2D eigenvalue weighted by atomic mass is 79.9. The molecule has 0 bridgehead atoms. The number of Topliss-reactive ketones (excluding diaryl/α,β-unsaturated/α-hetero) is 1. The van der Waals surface area contributed by atoms with Gasteiger partial charge in [-0.25, -0.2) is 4.98 Å². The van der Waals surface area contributed by atoms with Gasteiger partial charge < -0.3 is 4.74 Å². The molecule has 116 valence electrons. The van der Waals surface area contributed by atoms with Crippen molar-refractivity contribution in [2.75, 3.05) is 13.2 Å². The van der Waals surface area contributed by atoms with E-state index in [2.05, 4.69) is 26.0 Å². The molecule has 0 atom stereocenters. The summed E-state index contributed by atoms with van der Waals surface area (Å²) >= 11 is 3.15. The van der Waals surface area contributed by atoms with E-state index in [0.717, 1.165) is 12.8 Å². The highest BCUT2D eigenvalue weighted by Crippen LogP contribution is 2.32. The van der Waals surface area contributed by atoms with Gasteiger partial charge >= 0.3 is 0 Å². The zero-order chi connectivity index (χ0) is 15.7. The number of nitrogens with zero attached hydrogens (tertiary/aromatic N) is 3. The van der Waals surface area contributed by atoms with Crippen molar-refractivity contribution in [3.8, 4) is 11.3 Å². The molecule has 1 aliphatic heterocycles. The maximum atomic E-state index is 14.3. The summed E-state index contributed by atoms with van der Waals surface area (Å²) in [6.07, 6.45) is 3.09. The Balaban J connectivity index is 2.14. The zero-order valence-electron chi connectivity index (χ0n) is 12.1. The molecule has 5 nitrogen and oxygen atoms in total. The van der Waals surface area contributed by atoms with Gasteiger partial charge in [-0.1, -0.05) is 0 Å². The summed E-state index contributed by atoms with van der Waals surface area (Å²) in [7, 11) is 0. The van der Waals surface area contributed by atoms with Gasteiger partial charge in [0.2, 0.25) is 5.95 Å². The number of rotatable bonds is 3. The standard InChI is InChI=1S/C15H15BrFN3O2/c1-9(21)12-8-18-20(10-4-6-22-7-5-10)14(12)11-2-3-13(16)19-15(11)17/h2-3,8,10H,4-7H2,1H3. The zero-order valence-corrected chi connectivity index (χ0v) is 13.6. The van der Waals surface area contributed by atoms with Crippen molar-refractivity contribution in [3.05, 3.63) is 34.4 Å². The van der Waals surface area contributed by atoms with Gasteiger partial charge in [-0.05, 0) is 47.8 Å². The first-order valence-corrected chi connectivity index (χ1v) is 7.86. The minimum Gasteiger partial charge on any atom is -0.381 e. The van der Waals surface area contributed by atoms with Crippen LogP contribution in [0, 0.1) is 5.95 Å². The molecule has 3 heterocycles. The van der Waals surface area contributed by atoms with Crippen LogP contribution in [0.5, 0.6) is 0 Å². The Hall–Kier alpha value is -1.60. The lowest BCUT2D eigenvalue weighted by Crippen LogP contribution is -2.21. The molecule has 0 amide bonds. The van der Waals surface area contributed by atoms with Gasteiger partial charge in [0.05, 0.1) is 29.1 Å². The molecule has 0 N–H and O–H groups in total. The van der Waals surface area contributed by atoms with E-state index in [1.54, 1.807) is 16.8 Å². The van der Waals surface area contributed by atoms with Crippen molar-refractivity contribution >= 4 is 21.7 Å². The van der Waals surface area contributed by atoms with Crippen LogP contribution in [0.4, 0.5) is 4.39 Å². The summed E-state index contributed by atoms with van der Waals surface area (Å²) in [5, 5.41) is 4.34. The molecule has 0 radical (unpaired) electrons. The number of pyridine rings is 1. The van der Waals surface area contributed by atoms with Crippen LogP contribution >= 0.6 is 15.9 Å². The Morgan fingerprint density at radius 3 is 2.77 bits per heavy atom. The van der Waals surface area contributed by atoms with E-state index in [0.29, 0.717) is 29.1 Å². The third-order valence-electron chi connectivity index (χ3n) is 3.78. The van der Waals surface area contributed by atoms with Gasteiger partial charge in [-0.15, -0.1) is 0 Å². The fourth-order valence-electron chi connectivity index (χ4n) is 2.68. The van der Waals surface area contributed by atoms with Gasteiger partial charge in [0.15, 0.2) is 5.78 Å². The molecule has 0 aromatic carbocycles. The SMILES string of the molecule is CC(=O)c1cnn(C2CCOCC2)c1-c1ccc(Br)nc1F. The summed E-state index contributed by atoms with van der Waals surface area (Å²) in [5.41, 5.74) is 1.20. The number of ketones is 1. The quantitative estimate of drug-likeness (QED) is 0.616. The average Bonchev–Trinajstić information content (AvgIpc) is 2.93. The van der Waals surface area contributed by atoms with Crippen molar-refractivity contribution < 1.29 is 13.9 Å². The normalized spacial score (nSPS) is 16.0. The minimum atomic E-state index is -0.620. The van der Waals surface area contributed by atoms with Gasteiger partial charge in [-0.3, -0.25) is 9.48 Å². The highest BCUT2D eigenvalue weighted by molar-refractivity contribution is 9.10. The molecule has 0 unspecified atom stereocenters. The minimum absolute atomic E-state index is 0.0971. The molecule has 3 rings (SSSR count). The molecule has 2 aromatic rings. The first-order valence-electron chi connectivity index (χ1n) is 7.06. The molecule has 0 saturated carbocycles. The van der Waals surface area contributed by atoms with Gasteiger partial charge in [0.25, 0.3) is 0 Å². The van der Waals surface area contributed by atoms with E-state index in [9.17, 15) is 9.18 Å². The first kappa shape index (κ1) is 15.3. The Kier molecular flexibility index (Phi) is 4.35. The van der Waals surface area contributed by atoms with E-state index >= 15 is 0 Å². The third-order valence-corrected chi connectivity index (χ3v) is 4.22. The van der Waals surface area contributed by atoms with E-state index in [-0.39, 0.29) is 17.4 Å². The molecular weight excluding hydrogens is 353 g/mol. The van der Waals surface area contributed by atoms with Crippen LogP contribution in [0.15, 0.2) is 22.9 Å². The first-order chi connectivity index (χ1) is 10.6. The predicted molar refractivity (Wildman–Crippen MR) is 82.2 cm³/mol. The lowest BCUT2D eigenvalue weighted by atomic mass is 10.0.